The molecule has 0 unspecified atom stereocenters. The van der Waals surface area contributed by atoms with Crippen molar-refractivity contribution in [3.63, 3.8) is 0 Å². The van der Waals surface area contributed by atoms with E-state index in [-0.39, 0.29) is 17.8 Å². The first-order valence-electron chi connectivity index (χ1n) is 8.14. The van der Waals surface area contributed by atoms with Crippen LogP contribution in [0, 0.1) is 11.8 Å². The molecule has 0 aromatic carbocycles. The van der Waals surface area contributed by atoms with Gasteiger partial charge in [0.15, 0.2) is 5.96 Å². The summed E-state index contributed by atoms with van der Waals surface area (Å²) in [6.45, 7) is 3.46. The number of rotatable bonds is 6. The van der Waals surface area contributed by atoms with Crippen molar-refractivity contribution in [2.45, 2.75) is 32.6 Å². The van der Waals surface area contributed by atoms with Crippen LogP contribution in [0.1, 0.15) is 32.6 Å². The van der Waals surface area contributed by atoms with Crippen LogP contribution in [-0.4, -0.2) is 29.9 Å². The number of amides is 1. The van der Waals surface area contributed by atoms with Gasteiger partial charge >= 0.3 is 0 Å². The van der Waals surface area contributed by atoms with Crippen molar-refractivity contribution < 1.29 is 4.79 Å². The molecule has 1 aromatic rings. The van der Waals surface area contributed by atoms with Crippen molar-refractivity contribution in [2.75, 3.05) is 23.7 Å². The van der Waals surface area contributed by atoms with E-state index >= 15 is 0 Å². The number of nitrogens with one attached hydrogen (secondary N) is 2. The molecule has 6 N–H and O–H groups in total. The fourth-order valence-electron chi connectivity index (χ4n) is 2.87. The van der Waals surface area contributed by atoms with Gasteiger partial charge < -0.3 is 22.1 Å². The maximum atomic E-state index is 12.4. The Labute approximate surface area is 136 Å². The van der Waals surface area contributed by atoms with Crippen LogP contribution in [0.5, 0.6) is 0 Å². The molecule has 1 aliphatic carbocycles. The summed E-state index contributed by atoms with van der Waals surface area (Å²) < 4.78 is 0. The highest BCUT2D eigenvalue weighted by Crippen LogP contribution is 2.30. The van der Waals surface area contributed by atoms with Crippen LogP contribution < -0.4 is 22.1 Å². The number of aliphatic imine (C=N–C) groups is 1. The van der Waals surface area contributed by atoms with Gasteiger partial charge in [0, 0.05) is 37.0 Å². The van der Waals surface area contributed by atoms with Crippen molar-refractivity contribution in [2.24, 2.45) is 28.3 Å². The molecule has 7 heteroatoms. The van der Waals surface area contributed by atoms with E-state index in [0.717, 1.165) is 43.7 Å². The largest absolute Gasteiger partial charge is 0.370 e. The van der Waals surface area contributed by atoms with E-state index in [9.17, 15) is 4.79 Å². The predicted molar refractivity (Wildman–Crippen MR) is 93.2 cm³/mol. The molecule has 1 amide bonds. The van der Waals surface area contributed by atoms with Gasteiger partial charge in [0.2, 0.25) is 5.91 Å². The number of carbonyl (C=O) groups is 1. The third-order valence-electron chi connectivity index (χ3n) is 4.13. The molecule has 1 aromatic heterocycles. The summed E-state index contributed by atoms with van der Waals surface area (Å²) in [7, 11) is 0. The number of guanidine groups is 1. The Bertz CT molecular complexity index is 547. The molecule has 0 saturated heterocycles. The molecule has 23 heavy (non-hydrogen) atoms. The topological polar surface area (TPSA) is 118 Å². The number of pyridine rings is 1. The van der Waals surface area contributed by atoms with Crippen LogP contribution in [0.2, 0.25) is 0 Å². The fraction of sp³-hybridized carbons (Fsp3) is 0.562. The highest BCUT2D eigenvalue weighted by molar-refractivity contribution is 5.92. The first kappa shape index (κ1) is 17.1. The van der Waals surface area contributed by atoms with E-state index < -0.39 is 0 Å². The lowest BCUT2D eigenvalue weighted by molar-refractivity contribution is -0.121. The van der Waals surface area contributed by atoms with Crippen molar-refractivity contribution in [1.82, 2.24) is 4.98 Å². The van der Waals surface area contributed by atoms with E-state index in [1.807, 2.05) is 19.1 Å². The number of hydrogen-bond donors (Lipinski definition) is 4. The average Bonchev–Trinajstić information content (AvgIpc) is 2.54. The second-order valence-electron chi connectivity index (χ2n) is 5.93. The molecule has 126 valence electrons. The third kappa shape index (κ3) is 5.43. The molecule has 1 aliphatic rings. The highest BCUT2D eigenvalue weighted by atomic mass is 16.1. The summed E-state index contributed by atoms with van der Waals surface area (Å²) in [5, 5.41) is 6.12. The second kappa shape index (κ2) is 8.36. The molecule has 1 fully saturated rings. The summed E-state index contributed by atoms with van der Waals surface area (Å²) in [6, 6.07) is 3.66. The molecule has 1 saturated carbocycles. The van der Waals surface area contributed by atoms with Crippen molar-refractivity contribution in [1.29, 1.82) is 0 Å². The summed E-state index contributed by atoms with van der Waals surface area (Å²) in [4.78, 5) is 20.7. The summed E-state index contributed by atoms with van der Waals surface area (Å²) in [6.07, 6.45) is 5.41. The fourth-order valence-corrected chi connectivity index (χ4v) is 2.87. The van der Waals surface area contributed by atoms with Gasteiger partial charge in [-0.2, -0.15) is 0 Å². The molecule has 2 rings (SSSR count). The Balaban J connectivity index is 1.83. The van der Waals surface area contributed by atoms with Crippen LogP contribution in [0.25, 0.3) is 0 Å². The van der Waals surface area contributed by atoms with Crippen LogP contribution in [0.4, 0.5) is 11.5 Å². The first-order valence-corrected chi connectivity index (χ1v) is 8.14. The Hall–Kier alpha value is -2.31. The number of hydrogen-bond acceptors (Lipinski definition) is 4. The summed E-state index contributed by atoms with van der Waals surface area (Å²) >= 11 is 0. The Morgan fingerprint density at radius 2 is 2.09 bits per heavy atom. The van der Waals surface area contributed by atoms with Gasteiger partial charge in [-0.3, -0.25) is 9.79 Å². The standard InChI is InChI=1S/C16H26N6O/c1-2-19-14-9-13(7-8-20-14)22-15(23)12-5-3-11(4-6-12)10-21-16(17)18/h7-9,11-12H,2-6,10H2,1H3,(H4,17,18,21)(H2,19,20,22,23). The lowest BCUT2D eigenvalue weighted by atomic mass is 9.81. The van der Waals surface area contributed by atoms with E-state index in [0.29, 0.717) is 12.5 Å². The SMILES string of the molecule is CCNc1cc(NC(=O)C2CCC(CN=C(N)N)CC2)ccn1. The summed E-state index contributed by atoms with van der Waals surface area (Å²) in [5.74, 6) is 1.52. The molecular weight excluding hydrogens is 292 g/mol. The van der Waals surface area contributed by atoms with Gasteiger partial charge in [0.25, 0.3) is 0 Å². The predicted octanol–water partition coefficient (Wildman–Crippen LogP) is 1.53. The number of aromatic nitrogens is 1. The van der Waals surface area contributed by atoms with Gasteiger partial charge in [0.1, 0.15) is 5.82 Å². The van der Waals surface area contributed by atoms with Gasteiger partial charge in [-0.05, 0) is 44.6 Å². The summed E-state index contributed by atoms with van der Waals surface area (Å²) in [5.41, 5.74) is 11.5. The normalized spacial score (nSPS) is 20.6. The maximum absolute atomic E-state index is 12.4. The molecule has 0 bridgehead atoms. The van der Waals surface area contributed by atoms with Crippen LogP contribution in [0.3, 0.4) is 0 Å². The minimum absolute atomic E-state index is 0.0567. The zero-order valence-electron chi connectivity index (χ0n) is 13.6. The van der Waals surface area contributed by atoms with E-state index in [2.05, 4.69) is 20.6 Å². The van der Waals surface area contributed by atoms with Crippen LogP contribution in [-0.2, 0) is 4.79 Å². The number of nitrogens with two attached hydrogens (primary N) is 2. The lowest BCUT2D eigenvalue weighted by Crippen LogP contribution is -2.29. The molecule has 0 spiro atoms. The number of nitrogens with zero attached hydrogens (tertiary/aromatic N) is 2. The smallest absolute Gasteiger partial charge is 0.227 e. The second-order valence-corrected chi connectivity index (χ2v) is 5.93. The first-order chi connectivity index (χ1) is 11.1. The number of anilines is 2. The molecule has 1 heterocycles. The Morgan fingerprint density at radius 1 is 1.35 bits per heavy atom. The van der Waals surface area contributed by atoms with Gasteiger partial charge in [0.05, 0.1) is 0 Å². The molecule has 0 atom stereocenters. The molecule has 0 aliphatic heterocycles. The Morgan fingerprint density at radius 3 is 2.74 bits per heavy atom. The van der Waals surface area contributed by atoms with Crippen molar-refractivity contribution in [3.8, 4) is 0 Å². The quantitative estimate of drug-likeness (QED) is 0.468. The minimum atomic E-state index is 0.0567. The van der Waals surface area contributed by atoms with Gasteiger partial charge in [-0.1, -0.05) is 0 Å². The van der Waals surface area contributed by atoms with Gasteiger partial charge in [-0.25, -0.2) is 4.98 Å². The van der Waals surface area contributed by atoms with Crippen LogP contribution in [0.15, 0.2) is 23.3 Å². The molecular formula is C16H26N6O. The molecule has 7 nitrogen and oxygen atoms in total. The average molecular weight is 318 g/mol. The zero-order chi connectivity index (χ0) is 16.7. The van der Waals surface area contributed by atoms with E-state index in [1.54, 1.807) is 6.20 Å². The minimum Gasteiger partial charge on any atom is -0.370 e. The lowest BCUT2D eigenvalue weighted by Gasteiger charge is -2.26. The highest BCUT2D eigenvalue weighted by Gasteiger charge is 2.26. The van der Waals surface area contributed by atoms with Crippen molar-refractivity contribution in [3.05, 3.63) is 18.3 Å². The van der Waals surface area contributed by atoms with E-state index in [4.69, 9.17) is 11.5 Å². The van der Waals surface area contributed by atoms with E-state index in [1.165, 1.54) is 0 Å². The zero-order valence-corrected chi connectivity index (χ0v) is 13.6. The molecule has 0 radical (unpaired) electrons. The van der Waals surface area contributed by atoms with Crippen molar-refractivity contribution >= 4 is 23.4 Å². The number of carbonyl (C=O) groups excluding carboxylic acids is 1. The van der Waals surface area contributed by atoms with Crippen LogP contribution >= 0.6 is 0 Å². The van der Waals surface area contributed by atoms with Gasteiger partial charge in [-0.15, -0.1) is 0 Å². The third-order valence-corrected chi connectivity index (χ3v) is 4.13. The maximum Gasteiger partial charge on any atom is 0.227 e. The Kier molecular flexibility index (Phi) is 6.19. The monoisotopic (exact) mass is 318 g/mol.